The normalized spacial score (nSPS) is 16.9. The van der Waals surface area contributed by atoms with Crippen LogP contribution in [0.5, 0.6) is 0 Å². The van der Waals surface area contributed by atoms with Crippen molar-refractivity contribution >= 4 is 23.5 Å². The van der Waals surface area contributed by atoms with Crippen molar-refractivity contribution in [3.05, 3.63) is 70.5 Å². The topological polar surface area (TPSA) is 58.6 Å². The maximum absolute atomic E-state index is 13.7. The monoisotopic (exact) mass is 390 g/mol. The van der Waals surface area contributed by atoms with Gasteiger partial charge in [-0.25, -0.2) is 9.18 Å². The van der Waals surface area contributed by atoms with Crippen LogP contribution in [0, 0.1) is 5.82 Å². The van der Waals surface area contributed by atoms with E-state index in [4.69, 9.17) is 16.3 Å². The molecule has 1 atom stereocenters. The van der Waals surface area contributed by atoms with Crippen molar-refractivity contribution in [3.8, 4) is 0 Å². The molecule has 1 fully saturated rings. The fourth-order valence-electron chi connectivity index (χ4n) is 3.07. The lowest BCUT2D eigenvalue weighted by atomic mass is 10.2. The first-order valence-corrected chi connectivity index (χ1v) is 9.07. The summed E-state index contributed by atoms with van der Waals surface area (Å²) in [5.41, 5.74) is 0.977. The van der Waals surface area contributed by atoms with Crippen molar-refractivity contribution in [1.29, 1.82) is 0 Å². The second-order valence-electron chi connectivity index (χ2n) is 6.47. The molecule has 0 aliphatic carbocycles. The van der Waals surface area contributed by atoms with Crippen molar-refractivity contribution in [3.63, 3.8) is 0 Å². The fraction of sp³-hybridized carbons (Fsp3) is 0.300. The summed E-state index contributed by atoms with van der Waals surface area (Å²) >= 11 is 5.65. The molecule has 1 N–H and O–H groups in total. The lowest BCUT2D eigenvalue weighted by Crippen LogP contribution is -2.39. The highest BCUT2D eigenvalue weighted by Gasteiger charge is 2.24. The van der Waals surface area contributed by atoms with Gasteiger partial charge in [-0.3, -0.25) is 9.69 Å². The Bertz CT molecular complexity index is 816. The van der Waals surface area contributed by atoms with Crippen molar-refractivity contribution in [2.45, 2.75) is 19.0 Å². The smallest absolute Gasteiger partial charge is 0.341 e. The molecule has 5 nitrogen and oxygen atoms in total. The van der Waals surface area contributed by atoms with Gasteiger partial charge in [0.2, 0.25) is 0 Å². The number of esters is 1. The first kappa shape index (κ1) is 19.3. The summed E-state index contributed by atoms with van der Waals surface area (Å²) in [5.74, 6) is -2.07. The highest BCUT2D eigenvalue weighted by molar-refractivity contribution is 6.30. The van der Waals surface area contributed by atoms with E-state index in [1.54, 1.807) is 0 Å². The van der Waals surface area contributed by atoms with Crippen LogP contribution in [-0.4, -0.2) is 42.5 Å². The molecule has 3 rings (SSSR count). The maximum Gasteiger partial charge on any atom is 0.341 e. The molecule has 1 amide bonds. The number of rotatable bonds is 6. The van der Waals surface area contributed by atoms with Gasteiger partial charge in [-0.15, -0.1) is 0 Å². The second-order valence-corrected chi connectivity index (χ2v) is 6.91. The van der Waals surface area contributed by atoms with Gasteiger partial charge in [0.05, 0.1) is 5.56 Å². The molecule has 1 aliphatic heterocycles. The van der Waals surface area contributed by atoms with Gasteiger partial charge in [-0.05, 0) is 30.2 Å². The summed E-state index contributed by atoms with van der Waals surface area (Å²) in [5, 5.41) is 3.04. The first-order valence-electron chi connectivity index (χ1n) is 8.69. The number of amides is 1. The van der Waals surface area contributed by atoms with Crippen LogP contribution in [-0.2, 0) is 16.1 Å². The van der Waals surface area contributed by atoms with Gasteiger partial charge in [-0.2, -0.15) is 0 Å². The summed E-state index contributed by atoms with van der Waals surface area (Å²) in [6.07, 6.45) is 0.832. The van der Waals surface area contributed by atoms with Crippen LogP contribution in [0.1, 0.15) is 22.3 Å². The lowest BCUT2D eigenvalue weighted by molar-refractivity contribution is -0.124. The van der Waals surface area contributed by atoms with Gasteiger partial charge in [0.1, 0.15) is 5.82 Å². The van der Waals surface area contributed by atoms with E-state index >= 15 is 0 Å². The Morgan fingerprint density at radius 1 is 1.22 bits per heavy atom. The van der Waals surface area contributed by atoms with Crippen LogP contribution < -0.4 is 5.32 Å². The third-order valence-electron chi connectivity index (χ3n) is 4.37. The number of benzene rings is 2. The average molecular weight is 391 g/mol. The Hall–Kier alpha value is -2.44. The summed E-state index contributed by atoms with van der Waals surface area (Å²) < 4.78 is 18.6. The van der Waals surface area contributed by atoms with E-state index in [2.05, 4.69) is 22.3 Å². The highest BCUT2D eigenvalue weighted by Crippen LogP contribution is 2.16. The molecule has 0 spiro atoms. The quantitative estimate of drug-likeness (QED) is 0.770. The van der Waals surface area contributed by atoms with E-state index in [9.17, 15) is 14.0 Å². The minimum absolute atomic E-state index is 0.00665. The predicted octanol–water partition coefficient (Wildman–Crippen LogP) is 3.03. The molecule has 0 saturated carbocycles. The van der Waals surface area contributed by atoms with E-state index in [0.29, 0.717) is 0 Å². The zero-order chi connectivity index (χ0) is 19.2. The van der Waals surface area contributed by atoms with E-state index in [0.717, 1.165) is 32.1 Å². The van der Waals surface area contributed by atoms with Crippen LogP contribution in [0.3, 0.4) is 0 Å². The average Bonchev–Trinajstić information content (AvgIpc) is 3.07. The van der Waals surface area contributed by atoms with E-state index in [-0.39, 0.29) is 16.6 Å². The molecule has 0 radical (unpaired) electrons. The van der Waals surface area contributed by atoms with Crippen LogP contribution in [0.2, 0.25) is 5.02 Å². The first-order chi connectivity index (χ1) is 13.0. The molecular weight excluding hydrogens is 371 g/mol. The van der Waals surface area contributed by atoms with Crippen LogP contribution in [0.4, 0.5) is 4.39 Å². The molecule has 1 unspecified atom stereocenters. The number of carbonyl (C=O) groups excluding carboxylic acids is 2. The lowest BCUT2D eigenvalue weighted by Gasteiger charge is -2.16. The molecule has 2 aromatic carbocycles. The molecule has 2 aromatic rings. The fourth-order valence-corrected chi connectivity index (χ4v) is 3.23. The molecular formula is C20H20ClFN2O3. The molecule has 1 saturated heterocycles. The van der Waals surface area contributed by atoms with Crippen molar-refractivity contribution in [1.82, 2.24) is 10.2 Å². The Labute approximate surface area is 162 Å². The Morgan fingerprint density at radius 3 is 2.74 bits per heavy atom. The summed E-state index contributed by atoms with van der Waals surface area (Å²) in [6, 6.07) is 13.8. The Balaban J connectivity index is 1.42. The van der Waals surface area contributed by atoms with Crippen molar-refractivity contribution in [2.75, 3.05) is 19.7 Å². The van der Waals surface area contributed by atoms with Crippen LogP contribution in [0.15, 0.2) is 48.5 Å². The summed E-state index contributed by atoms with van der Waals surface area (Å²) in [6.45, 7) is 2.00. The van der Waals surface area contributed by atoms with Gasteiger partial charge in [0.25, 0.3) is 5.91 Å². The molecule has 1 heterocycles. The van der Waals surface area contributed by atoms with Gasteiger partial charge in [0.15, 0.2) is 6.61 Å². The molecule has 0 aromatic heterocycles. The number of carbonyl (C=O) groups is 2. The molecule has 0 bridgehead atoms. The van der Waals surface area contributed by atoms with Gasteiger partial charge >= 0.3 is 5.97 Å². The molecule has 27 heavy (non-hydrogen) atoms. The minimum atomic E-state index is -0.892. The minimum Gasteiger partial charge on any atom is -0.452 e. The number of halogens is 2. The number of likely N-dealkylation sites (tertiary alicyclic amines) is 1. The van der Waals surface area contributed by atoms with E-state index < -0.39 is 24.3 Å². The van der Waals surface area contributed by atoms with Crippen LogP contribution in [0.25, 0.3) is 0 Å². The Kier molecular flexibility index (Phi) is 6.42. The number of ether oxygens (including phenoxy) is 1. The largest absolute Gasteiger partial charge is 0.452 e. The predicted molar refractivity (Wildman–Crippen MR) is 100.0 cm³/mol. The van der Waals surface area contributed by atoms with Gasteiger partial charge in [-0.1, -0.05) is 41.9 Å². The van der Waals surface area contributed by atoms with Crippen molar-refractivity contribution < 1.29 is 18.7 Å². The maximum atomic E-state index is 13.7. The Morgan fingerprint density at radius 2 is 2.00 bits per heavy atom. The van der Waals surface area contributed by atoms with Gasteiger partial charge < -0.3 is 10.1 Å². The number of nitrogens with one attached hydrogen (secondary N) is 1. The zero-order valence-electron chi connectivity index (χ0n) is 14.7. The van der Waals surface area contributed by atoms with E-state index in [1.807, 2.05) is 18.2 Å². The number of hydrogen-bond acceptors (Lipinski definition) is 4. The summed E-state index contributed by atoms with van der Waals surface area (Å²) in [7, 11) is 0. The molecule has 1 aliphatic rings. The number of hydrogen-bond donors (Lipinski definition) is 1. The summed E-state index contributed by atoms with van der Waals surface area (Å²) in [4.78, 5) is 26.2. The number of nitrogens with zero attached hydrogens (tertiary/aromatic N) is 1. The molecule has 7 heteroatoms. The SMILES string of the molecule is O=C(COC(=O)c1ccc(Cl)cc1F)NC1CCN(Cc2ccccc2)C1. The highest BCUT2D eigenvalue weighted by atomic mass is 35.5. The van der Waals surface area contributed by atoms with Crippen LogP contribution >= 0.6 is 11.6 Å². The zero-order valence-corrected chi connectivity index (χ0v) is 15.4. The van der Waals surface area contributed by atoms with E-state index in [1.165, 1.54) is 17.7 Å². The van der Waals surface area contributed by atoms with Crippen molar-refractivity contribution in [2.24, 2.45) is 0 Å². The standard InChI is InChI=1S/C20H20ClFN2O3/c21-15-6-7-17(18(22)10-15)20(26)27-13-19(25)23-16-8-9-24(12-16)11-14-4-2-1-3-5-14/h1-7,10,16H,8-9,11-13H2,(H,23,25). The van der Waals surface area contributed by atoms with Gasteiger partial charge in [0, 0.05) is 30.7 Å². The molecule has 142 valence electrons. The third kappa shape index (κ3) is 5.52. The second kappa shape index (κ2) is 8.97. The third-order valence-corrected chi connectivity index (χ3v) is 4.61.